The number of rotatable bonds is 7. The summed E-state index contributed by atoms with van der Waals surface area (Å²) in [6.07, 6.45) is 8.62. The summed E-state index contributed by atoms with van der Waals surface area (Å²) in [5, 5.41) is 0. The minimum Gasteiger partial charge on any atom is -0.298 e. The zero-order chi connectivity index (χ0) is 10.9. The molecule has 1 aromatic carbocycles. The van der Waals surface area contributed by atoms with Crippen molar-refractivity contribution in [1.29, 1.82) is 0 Å². The Morgan fingerprint density at radius 3 is 2.27 bits per heavy atom. The molecule has 1 heteroatoms. The normalized spacial score (nSPS) is 10.2. The van der Waals surface area contributed by atoms with Gasteiger partial charge in [-0.1, -0.05) is 56.9 Å². The van der Waals surface area contributed by atoms with E-state index in [1.807, 2.05) is 12.1 Å². The highest BCUT2D eigenvalue weighted by Gasteiger charge is 1.94. The van der Waals surface area contributed by atoms with Crippen LogP contribution in [-0.4, -0.2) is 6.29 Å². The van der Waals surface area contributed by atoms with Gasteiger partial charge in [-0.3, -0.25) is 4.79 Å². The lowest BCUT2D eigenvalue weighted by molar-refractivity contribution is 0.112. The molecule has 0 aliphatic carbocycles. The molecule has 0 bridgehead atoms. The van der Waals surface area contributed by atoms with E-state index in [0.29, 0.717) is 0 Å². The molecule has 0 aliphatic rings. The fourth-order valence-electron chi connectivity index (χ4n) is 1.70. The first-order valence-corrected chi connectivity index (χ1v) is 5.91. The van der Waals surface area contributed by atoms with Crippen molar-refractivity contribution in [1.82, 2.24) is 0 Å². The summed E-state index contributed by atoms with van der Waals surface area (Å²) in [6, 6.07) is 7.91. The fraction of sp³-hybridized carbons (Fsp3) is 0.500. The van der Waals surface area contributed by atoms with E-state index in [9.17, 15) is 4.79 Å². The van der Waals surface area contributed by atoms with E-state index in [0.717, 1.165) is 18.3 Å². The monoisotopic (exact) mass is 204 g/mol. The van der Waals surface area contributed by atoms with E-state index in [2.05, 4.69) is 19.1 Å². The van der Waals surface area contributed by atoms with Crippen molar-refractivity contribution in [2.75, 3.05) is 0 Å². The number of unbranched alkanes of at least 4 members (excludes halogenated alkanes) is 4. The van der Waals surface area contributed by atoms with Gasteiger partial charge in [-0.15, -0.1) is 0 Å². The van der Waals surface area contributed by atoms with Crippen LogP contribution in [0.15, 0.2) is 24.3 Å². The molecule has 0 unspecified atom stereocenters. The molecule has 0 aliphatic heterocycles. The lowest BCUT2D eigenvalue weighted by Crippen LogP contribution is -1.87. The lowest BCUT2D eigenvalue weighted by Gasteiger charge is -2.01. The fourth-order valence-corrected chi connectivity index (χ4v) is 1.70. The Morgan fingerprint density at radius 2 is 1.67 bits per heavy atom. The molecule has 82 valence electrons. The first kappa shape index (κ1) is 12.0. The van der Waals surface area contributed by atoms with Crippen molar-refractivity contribution in [2.24, 2.45) is 0 Å². The van der Waals surface area contributed by atoms with E-state index < -0.39 is 0 Å². The Labute approximate surface area is 92.5 Å². The van der Waals surface area contributed by atoms with Crippen LogP contribution in [0.2, 0.25) is 0 Å². The van der Waals surface area contributed by atoms with Crippen LogP contribution in [0.1, 0.15) is 54.9 Å². The highest BCUT2D eigenvalue weighted by molar-refractivity contribution is 5.74. The number of aldehydes is 1. The van der Waals surface area contributed by atoms with E-state index >= 15 is 0 Å². The van der Waals surface area contributed by atoms with Gasteiger partial charge in [0.1, 0.15) is 6.29 Å². The standard InChI is InChI=1S/C14H20O/c1-2-3-4-5-6-7-13-8-10-14(12-15)11-9-13/h8-12H,2-7H2,1H3. The summed E-state index contributed by atoms with van der Waals surface area (Å²) in [4.78, 5) is 10.5. The van der Waals surface area contributed by atoms with E-state index in [-0.39, 0.29) is 0 Å². The highest BCUT2D eigenvalue weighted by atomic mass is 16.1. The van der Waals surface area contributed by atoms with Gasteiger partial charge in [0.2, 0.25) is 0 Å². The smallest absolute Gasteiger partial charge is 0.150 e. The molecule has 1 aromatic rings. The quantitative estimate of drug-likeness (QED) is 0.484. The Morgan fingerprint density at radius 1 is 1.00 bits per heavy atom. The molecule has 0 radical (unpaired) electrons. The Hall–Kier alpha value is -1.11. The predicted molar refractivity (Wildman–Crippen MR) is 64.3 cm³/mol. The van der Waals surface area contributed by atoms with Gasteiger partial charge in [0, 0.05) is 5.56 Å². The van der Waals surface area contributed by atoms with E-state index in [4.69, 9.17) is 0 Å². The van der Waals surface area contributed by atoms with Crippen molar-refractivity contribution in [3.05, 3.63) is 35.4 Å². The minimum atomic E-state index is 0.768. The van der Waals surface area contributed by atoms with Gasteiger partial charge >= 0.3 is 0 Å². The van der Waals surface area contributed by atoms with Crippen molar-refractivity contribution in [2.45, 2.75) is 45.4 Å². The molecule has 0 saturated carbocycles. The summed E-state index contributed by atoms with van der Waals surface area (Å²) in [5.41, 5.74) is 2.11. The first-order chi connectivity index (χ1) is 7.36. The zero-order valence-corrected chi connectivity index (χ0v) is 9.54. The highest BCUT2D eigenvalue weighted by Crippen LogP contribution is 2.09. The Bertz CT molecular complexity index is 274. The molecule has 1 rings (SSSR count). The van der Waals surface area contributed by atoms with Crippen LogP contribution >= 0.6 is 0 Å². The first-order valence-electron chi connectivity index (χ1n) is 5.91. The molecule has 0 aromatic heterocycles. The maximum Gasteiger partial charge on any atom is 0.150 e. The average molecular weight is 204 g/mol. The van der Waals surface area contributed by atoms with Gasteiger partial charge in [-0.25, -0.2) is 0 Å². The molecule has 0 saturated heterocycles. The van der Waals surface area contributed by atoms with Crippen molar-refractivity contribution in [3.8, 4) is 0 Å². The van der Waals surface area contributed by atoms with E-state index in [1.54, 1.807) is 0 Å². The minimum absolute atomic E-state index is 0.768. The second-order valence-corrected chi connectivity index (χ2v) is 4.02. The molecule has 0 heterocycles. The SMILES string of the molecule is CCCCCCCc1ccc(C=O)cc1. The van der Waals surface area contributed by atoms with Crippen LogP contribution < -0.4 is 0 Å². The lowest BCUT2D eigenvalue weighted by atomic mass is 10.0. The van der Waals surface area contributed by atoms with Gasteiger partial charge in [-0.05, 0) is 18.4 Å². The zero-order valence-electron chi connectivity index (χ0n) is 9.54. The number of aryl methyl sites for hydroxylation is 1. The van der Waals surface area contributed by atoms with Crippen molar-refractivity contribution in [3.63, 3.8) is 0 Å². The number of carbonyl (C=O) groups excluding carboxylic acids is 1. The second kappa shape index (κ2) is 7.22. The number of benzene rings is 1. The van der Waals surface area contributed by atoms with Crippen LogP contribution in [0, 0.1) is 0 Å². The Kier molecular flexibility index (Phi) is 5.76. The Balaban J connectivity index is 2.22. The average Bonchev–Trinajstić information content (AvgIpc) is 2.30. The summed E-state index contributed by atoms with van der Waals surface area (Å²) >= 11 is 0. The topological polar surface area (TPSA) is 17.1 Å². The van der Waals surface area contributed by atoms with Crippen LogP contribution in [0.4, 0.5) is 0 Å². The van der Waals surface area contributed by atoms with Crippen LogP contribution in [0.25, 0.3) is 0 Å². The number of hydrogen-bond acceptors (Lipinski definition) is 1. The van der Waals surface area contributed by atoms with Gasteiger partial charge in [0.15, 0.2) is 0 Å². The largest absolute Gasteiger partial charge is 0.298 e. The summed E-state index contributed by atoms with van der Waals surface area (Å²) in [6.45, 7) is 2.23. The predicted octanol–water partition coefficient (Wildman–Crippen LogP) is 4.01. The van der Waals surface area contributed by atoms with Gasteiger partial charge in [0.05, 0.1) is 0 Å². The molecule has 0 spiro atoms. The number of hydrogen-bond donors (Lipinski definition) is 0. The third kappa shape index (κ3) is 4.78. The molecule has 1 nitrogen and oxygen atoms in total. The number of carbonyl (C=O) groups is 1. The van der Waals surface area contributed by atoms with Crippen molar-refractivity contribution >= 4 is 6.29 Å². The molecular weight excluding hydrogens is 184 g/mol. The molecule has 0 atom stereocenters. The second-order valence-electron chi connectivity index (χ2n) is 4.02. The van der Waals surface area contributed by atoms with Crippen LogP contribution in [-0.2, 0) is 6.42 Å². The molecule has 0 fully saturated rings. The third-order valence-electron chi connectivity index (χ3n) is 2.68. The molecule has 0 N–H and O–H groups in total. The summed E-state index contributed by atoms with van der Waals surface area (Å²) in [5.74, 6) is 0. The van der Waals surface area contributed by atoms with Gasteiger partial charge in [-0.2, -0.15) is 0 Å². The van der Waals surface area contributed by atoms with Crippen LogP contribution in [0.5, 0.6) is 0 Å². The maximum absolute atomic E-state index is 10.5. The molecule has 0 amide bonds. The van der Waals surface area contributed by atoms with Crippen molar-refractivity contribution < 1.29 is 4.79 Å². The van der Waals surface area contributed by atoms with Gasteiger partial charge < -0.3 is 0 Å². The summed E-state index contributed by atoms with van der Waals surface area (Å²) < 4.78 is 0. The maximum atomic E-state index is 10.5. The third-order valence-corrected chi connectivity index (χ3v) is 2.68. The van der Waals surface area contributed by atoms with E-state index in [1.165, 1.54) is 37.7 Å². The molecule has 15 heavy (non-hydrogen) atoms. The van der Waals surface area contributed by atoms with Crippen LogP contribution in [0.3, 0.4) is 0 Å². The summed E-state index contributed by atoms with van der Waals surface area (Å²) in [7, 11) is 0. The van der Waals surface area contributed by atoms with Gasteiger partial charge in [0.25, 0.3) is 0 Å². The molecular formula is C14H20O.